The average Bonchev–Trinajstić information content (AvgIpc) is 2.87. The third-order valence-corrected chi connectivity index (χ3v) is 2.76. The van der Waals surface area contributed by atoms with Gasteiger partial charge in [0.2, 0.25) is 0 Å². The minimum atomic E-state index is 0.599. The van der Waals surface area contributed by atoms with E-state index < -0.39 is 0 Å². The summed E-state index contributed by atoms with van der Waals surface area (Å²) in [5.74, 6) is 1.54. The molecule has 2 nitrogen and oxygen atoms in total. The van der Waals surface area contributed by atoms with Gasteiger partial charge in [0.1, 0.15) is 5.52 Å². The Hall–Kier alpha value is -1.31. The molecule has 1 aromatic heterocycles. The van der Waals surface area contributed by atoms with Gasteiger partial charge in [-0.1, -0.05) is 6.07 Å². The van der Waals surface area contributed by atoms with Crippen LogP contribution in [-0.2, 0) is 0 Å². The molecule has 72 valence electrons. The Morgan fingerprint density at radius 3 is 2.79 bits per heavy atom. The molecular formula is C12H13NO. The van der Waals surface area contributed by atoms with Gasteiger partial charge < -0.3 is 4.42 Å². The van der Waals surface area contributed by atoms with Crippen LogP contribution in [0.3, 0.4) is 0 Å². The van der Waals surface area contributed by atoms with Gasteiger partial charge in [-0.15, -0.1) is 0 Å². The standard InChI is InChI=1S/C12H13NO/c1-7-5-8(2)11-10(6-7)13-12(14-11)9-3-4-9/h5-6,9H,3-4H2,1-2H3. The second-order valence-corrected chi connectivity index (χ2v) is 4.26. The molecule has 0 aliphatic heterocycles. The molecule has 14 heavy (non-hydrogen) atoms. The highest BCUT2D eigenvalue weighted by atomic mass is 16.3. The van der Waals surface area contributed by atoms with Crippen LogP contribution in [0.15, 0.2) is 16.5 Å². The van der Waals surface area contributed by atoms with Crippen molar-refractivity contribution in [3.8, 4) is 0 Å². The number of rotatable bonds is 1. The molecule has 0 atom stereocenters. The van der Waals surface area contributed by atoms with Gasteiger partial charge in [0.25, 0.3) is 0 Å². The highest BCUT2D eigenvalue weighted by molar-refractivity contribution is 5.77. The lowest BCUT2D eigenvalue weighted by Gasteiger charge is -1.94. The van der Waals surface area contributed by atoms with Crippen LogP contribution in [0.25, 0.3) is 11.1 Å². The van der Waals surface area contributed by atoms with Crippen molar-refractivity contribution in [2.24, 2.45) is 0 Å². The summed E-state index contributed by atoms with van der Waals surface area (Å²) in [5, 5.41) is 0. The van der Waals surface area contributed by atoms with Crippen LogP contribution >= 0.6 is 0 Å². The smallest absolute Gasteiger partial charge is 0.198 e. The van der Waals surface area contributed by atoms with Gasteiger partial charge in [-0.25, -0.2) is 4.98 Å². The van der Waals surface area contributed by atoms with E-state index in [4.69, 9.17) is 4.42 Å². The molecular weight excluding hydrogens is 174 g/mol. The number of aryl methyl sites for hydroxylation is 2. The lowest BCUT2D eigenvalue weighted by atomic mass is 10.1. The fraction of sp³-hybridized carbons (Fsp3) is 0.417. The summed E-state index contributed by atoms with van der Waals surface area (Å²) >= 11 is 0. The summed E-state index contributed by atoms with van der Waals surface area (Å²) < 4.78 is 5.77. The molecule has 3 rings (SSSR count). The van der Waals surface area contributed by atoms with Gasteiger partial charge in [0, 0.05) is 5.92 Å². The monoisotopic (exact) mass is 187 g/mol. The van der Waals surface area contributed by atoms with Crippen LogP contribution in [0.5, 0.6) is 0 Å². The lowest BCUT2D eigenvalue weighted by Crippen LogP contribution is -1.78. The van der Waals surface area contributed by atoms with E-state index in [2.05, 4.69) is 31.0 Å². The molecule has 0 saturated heterocycles. The summed E-state index contributed by atoms with van der Waals surface area (Å²) in [6, 6.07) is 4.24. The zero-order valence-electron chi connectivity index (χ0n) is 8.50. The first-order valence-electron chi connectivity index (χ1n) is 5.12. The van der Waals surface area contributed by atoms with Crippen LogP contribution in [0.1, 0.15) is 35.8 Å². The van der Waals surface area contributed by atoms with E-state index >= 15 is 0 Å². The van der Waals surface area contributed by atoms with Crippen LogP contribution in [-0.4, -0.2) is 4.98 Å². The topological polar surface area (TPSA) is 26.0 Å². The van der Waals surface area contributed by atoms with Crippen molar-refractivity contribution in [1.29, 1.82) is 0 Å². The number of benzene rings is 1. The van der Waals surface area contributed by atoms with Crippen LogP contribution in [0, 0.1) is 13.8 Å². The normalized spacial score (nSPS) is 16.4. The van der Waals surface area contributed by atoms with Gasteiger partial charge in [0.05, 0.1) is 0 Å². The van der Waals surface area contributed by atoms with Crippen molar-refractivity contribution in [3.05, 3.63) is 29.2 Å². The lowest BCUT2D eigenvalue weighted by molar-refractivity contribution is 0.531. The predicted molar refractivity (Wildman–Crippen MR) is 55.5 cm³/mol. The quantitative estimate of drug-likeness (QED) is 0.684. The predicted octanol–water partition coefficient (Wildman–Crippen LogP) is 3.32. The van der Waals surface area contributed by atoms with Crippen LogP contribution in [0.4, 0.5) is 0 Å². The van der Waals surface area contributed by atoms with Gasteiger partial charge in [-0.05, 0) is 43.9 Å². The van der Waals surface area contributed by atoms with E-state index in [-0.39, 0.29) is 0 Å². The van der Waals surface area contributed by atoms with Crippen molar-refractivity contribution < 1.29 is 4.42 Å². The fourth-order valence-corrected chi connectivity index (χ4v) is 1.90. The minimum absolute atomic E-state index is 0.599. The Labute approximate surface area is 82.9 Å². The maximum atomic E-state index is 5.77. The van der Waals surface area contributed by atoms with Crippen LogP contribution < -0.4 is 0 Å². The average molecular weight is 187 g/mol. The molecule has 1 heterocycles. The largest absolute Gasteiger partial charge is 0.440 e. The summed E-state index contributed by atoms with van der Waals surface area (Å²) in [6.45, 7) is 4.18. The Morgan fingerprint density at radius 2 is 2.07 bits per heavy atom. The van der Waals surface area contributed by atoms with Crippen molar-refractivity contribution in [3.63, 3.8) is 0 Å². The van der Waals surface area contributed by atoms with Gasteiger partial charge in [0.15, 0.2) is 11.5 Å². The zero-order valence-corrected chi connectivity index (χ0v) is 8.50. The van der Waals surface area contributed by atoms with E-state index in [0.29, 0.717) is 5.92 Å². The van der Waals surface area contributed by atoms with Crippen molar-refractivity contribution >= 4 is 11.1 Å². The number of nitrogens with zero attached hydrogens (tertiary/aromatic N) is 1. The first-order valence-corrected chi connectivity index (χ1v) is 5.12. The first kappa shape index (κ1) is 8.04. The molecule has 1 saturated carbocycles. The molecule has 2 heteroatoms. The molecule has 0 radical (unpaired) electrons. The van der Waals surface area contributed by atoms with E-state index in [1.807, 2.05) is 0 Å². The SMILES string of the molecule is Cc1cc(C)c2oc(C3CC3)nc2c1. The number of hydrogen-bond acceptors (Lipinski definition) is 2. The number of aromatic nitrogens is 1. The second-order valence-electron chi connectivity index (χ2n) is 4.26. The second kappa shape index (κ2) is 2.59. The minimum Gasteiger partial charge on any atom is -0.440 e. The fourth-order valence-electron chi connectivity index (χ4n) is 1.90. The Kier molecular flexibility index (Phi) is 1.49. The highest BCUT2D eigenvalue weighted by Gasteiger charge is 2.29. The molecule has 0 unspecified atom stereocenters. The van der Waals surface area contributed by atoms with Gasteiger partial charge in [-0.3, -0.25) is 0 Å². The van der Waals surface area contributed by atoms with Gasteiger partial charge >= 0.3 is 0 Å². The van der Waals surface area contributed by atoms with Gasteiger partial charge in [-0.2, -0.15) is 0 Å². The van der Waals surface area contributed by atoms with E-state index in [1.54, 1.807) is 0 Å². The maximum Gasteiger partial charge on any atom is 0.198 e. The summed E-state index contributed by atoms with van der Waals surface area (Å²) in [6.07, 6.45) is 2.48. The molecule has 1 aliphatic carbocycles. The van der Waals surface area contributed by atoms with Crippen molar-refractivity contribution in [1.82, 2.24) is 4.98 Å². The Balaban J connectivity index is 2.26. The molecule has 1 aromatic carbocycles. The van der Waals surface area contributed by atoms with E-state index in [1.165, 1.54) is 24.0 Å². The third-order valence-electron chi connectivity index (χ3n) is 2.76. The summed E-state index contributed by atoms with van der Waals surface area (Å²) in [4.78, 5) is 4.53. The zero-order chi connectivity index (χ0) is 9.71. The highest BCUT2D eigenvalue weighted by Crippen LogP contribution is 2.40. The van der Waals surface area contributed by atoms with Crippen molar-refractivity contribution in [2.45, 2.75) is 32.6 Å². The Bertz CT molecular complexity index is 494. The molecule has 1 fully saturated rings. The summed E-state index contributed by atoms with van der Waals surface area (Å²) in [5.41, 5.74) is 4.44. The number of oxazole rings is 1. The molecule has 0 N–H and O–H groups in total. The molecule has 0 spiro atoms. The number of fused-ring (bicyclic) bond motifs is 1. The van der Waals surface area contributed by atoms with Crippen LogP contribution in [0.2, 0.25) is 0 Å². The Morgan fingerprint density at radius 1 is 1.29 bits per heavy atom. The maximum absolute atomic E-state index is 5.77. The van der Waals surface area contributed by atoms with E-state index in [0.717, 1.165) is 17.0 Å². The third kappa shape index (κ3) is 1.14. The van der Waals surface area contributed by atoms with Crippen molar-refractivity contribution in [2.75, 3.05) is 0 Å². The molecule has 2 aromatic rings. The van der Waals surface area contributed by atoms with E-state index in [9.17, 15) is 0 Å². The molecule has 1 aliphatic rings. The molecule has 0 bridgehead atoms. The molecule has 0 amide bonds. The number of hydrogen-bond donors (Lipinski definition) is 0. The summed E-state index contributed by atoms with van der Waals surface area (Å²) in [7, 11) is 0. The first-order chi connectivity index (χ1) is 6.74.